The molecule has 2 bridgehead atoms. The van der Waals surface area contributed by atoms with Gasteiger partial charge in [0.1, 0.15) is 0 Å². The lowest BCUT2D eigenvalue weighted by Crippen LogP contribution is -2.57. The van der Waals surface area contributed by atoms with E-state index in [0.717, 1.165) is 25.7 Å². The molecule has 0 radical (unpaired) electrons. The Morgan fingerprint density at radius 2 is 1.38 bits per heavy atom. The summed E-state index contributed by atoms with van der Waals surface area (Å²) in [6.45, 7) is 2.08. The van der Waals surface area contributed by atoms with E-state index >= 15 is 8.78 Å². The zero-order valence-corrected chi connectivity index (χ0v) is 23.8. The summed E-state index contributed by atoms with van der Waals surface area (Å²) in [5.41, 5.74) is -2.54. The summed E-state index contributed by atoms with van der Waals surface area (Å²) in [6, 6.07) is 0. The van der Waals surface area contributed by atoms with Crippen LogP contribution >= 0.6 is 0 Å². The number of rotatable bonds is 6. The van der Waals surface area contributed by atoms with Crippen LogP contribution < -0.4 is 0 Å². The molecule has 0 amide bonds. The van der Waals surface area contributed by atoms with Crippen molar-refractivity contribution >= 4 is 16.1 Å². The van der Waals surface area contributed by atoms with E-state index in [9.17, 15) is 17.8 Å². The van der Waals surface area contributed by atoms with Gasteiger partial charge < -0.3 is 14.2 Å². The summed E-state index contributed by atoms with van der Waals surface area (Å²) in [5, 5.41) is -4.56. The Bertz CT molecular complexity index is 1010. The van der Waals surface area contributed by atoms with Crippen molar-refractivity contribution in [2.75, 3.05) is 0 Å². The van der Waals surface area contributed by atoms with Crippen molar-refractivity contribution in [2.45, 2.75) is 139 Å². The summed E-state index contributed by atoms with van der Waals surface area (Å²) in [6.07, 6.45) is 12.2. The number of carbonyl (C=O) groups is 1. The van der Waals surface area contributed by atoms with Gasteiger partial charge >= 0.3 is 21.3 Å². The van der Waals surface area contributed by atoms with Gasteiger partial charge in [-0.25, -0.2) is 0 Å². The van der Waals surface area contributed by atoms with Crippen molar-refractivity contribution in [1.82, 2.24) is 0 Å². The standard InChI is InChI=1S/C29H44F2O7S/c1-18-21-17-22(26(32)38-27(15-9-4-10-16-27)29(30,31)39(33,34)35)23(18)25-24(21)36-28(37-25,19-11-5-2-6-12-19)20-13-7-3-8-14-20/h18-25H,2-17H2,1H3,(H,33,34,35)/t18-,21?,22?,23?,24?,25?/m0/s1. The van der Waals surface area contributed by atoms with Crippen LogP contribution in [0.25, 0.3) is 0 Å². The first-order valence-corrected chi connectivity index (χ1v) is 16.9. The van der Waals surface area contributed by atoms with E-state index in [-0.39, 0.29) is 42.8 Å². The van der Waals surface area contributed by atoms with Crippen LogP contribution in [0.2, 0.25) is 0 Å². The minimum absolute atomic E-state index is 0.0657. The molecule has 0 aromatic rings. The molecule has 1 aliphatic heterocycles. The van der Waals surface area contributed by atoms with Gasteiger partial charge in [-0.3, -0.25) is 9.35 Å². The second kappa shape index (κ2) is 10.2. The van der Waals surface area contributed by atoms with E-state index in [2.05, 4.69) is 6.92 Å². The van der Waals surface area contributed by atoms with Crippen molar-refractivity contribution in [3.8, 4) is 0 Å². The van der Waals surface area contributed by atoms with Gasteiger partial charge in [-0.05, 0) is 69.6 Å². The molecule has 5 saturated carbocycles. The van der Waals surface area contributed by atoms with Gasteiger partial charge in [0, 0.05) is 17.8 Å². The maximum Gasteiger partial charge on any atom is 0.408 e. The predicted octanol–water partition coefficient (Wildman–Crippen LogP) is 6.26. The molecule has 0 spiro atoms. The lowest BCUT2D eigenvalue weighted by atomic mass is 9.72. The summed E-state index contributed by atoms with van der Waals surface area (Å²) in [5.74, 6) is -1.45. The lowest BCUT2D eigenvalue weighted by molar-refractivity contribution is -0.265. The van der Waals surface area contributed by atoms with Gasteiger partial charge in [0.15, 0.2) is 11.4 Å². The van der Waals surface area contributed by atoms with Gasteiger partial charge in [-0.2, -0.15) is 17.2 Å². The Hall–Kier alpha value is -0.840. The smallest absolute Gasteiger partial charge is 0.408 e. The van der Waals surface area contributed by atoms with Crippen LogP contribution in [0.4, 0.5) is 8.78 Å². The molecule has 1 N–H and O–H groups in total. The Morgan fingerprint density at radius 3 is 1.92 bits per heavy atom. The number of hydrogen-bond acceptors (Lipinski definition) is 6. The van der Waals surface area contributed by atoms with E-state index in [0.29, 0.717) is 37.5 Å². The highest BCUT2D eigenvalue weighted by Gasteiger charge is 2.71. The van der Waals surface area contributed by atoms with Crippen molar-refractivity contribution < 1.29 is 40.8 Å². The second-order valence-electron chi connectivity index (χ2n) is 13.5. The third kappa shape index (κ3) is 4.40. The molecule has 5 aliphatic carbocycles. The van der Waals surface area contributed by atoms with Crippen LogP contribution in [0.15, 0.2) is 0 Å². The SMILES string of the molecule is C[C@H]1C2CC(C(=O)OC3(C(F)(F)S(=O)(=O)O)CCCCC3)C1C1OC(C3CCCCC3)(C3CCCCC3)OC12. The third-order valence-corrected chi connectivity index (χ3v) is 12.5. The fraction of sp³-hybridized carbons (Fsp3) is 0.966. The van der Waals surface area contributed by atoms with Crippen molar-refractivity contribution in [2.24, 2.45) is 35.5 Å². The third-order valence-electron chi connectivity index (χ3n) is 11.5. The Kier molecular flexibility index (Phi) is 7.37. The van der Waals surface area contributed by atoms with Crippen molar-refractivity contribution in [3.63, 3.8) is 0 Å². The minimum Gasteiger partial charge on any atom is -0.451 e. The predicted molar refractivity (Wildman–Crippen MR) is 138 cm³/mol. The van der Waals surface area contributed by atoms with Crippen LogP contribution in [-0.2, 0) is 29.1 Å². The molecule has 10 heteroatoms. The average molecular weight is 575 g/mol. The number of esters is 1. The molecule has 1 saturated heterocycles. The number of alkyl halides is 2. The normalized spacial score (nSPS) is 39.0. The number of halogens is 2. The summed E-state index contributed by atoms with van der Waals surface area (Å²) < 4.78 is 82.9. The summed E-state index contributed by atoms with van der Waals surface area (Å²) in [7, 11) is -5.76. The molecule has 222 valence electrons. The van der Waals surface area contributed by atoms with Gasteiger partial charge in [-0.1, -0.05) is 51.9 Å². The fourth-order valence-corrected chi connectivity index (χ4v) is 10.3. The maximum absolute atomic E-state index is 15.2. The molecule has 6 atom stereocenters. The molecule has 5 unspecified atom stereocenters. The molecule has 6 fully saturated rings. The van der Waals surface area contributed by atoms with E-state index in [4.69, 9.17) is 14.2 Å². The Morgan fingerprint density at radius 1 is 0.872 bits per heavy atom. The Balaban J connectivity index is 1.26. The Labute approximate surface area is 230 Å². The molecule has 7 nitrogen and oxygen atoms in total. The monoisotopic (exact) mass is 574 g/mol. The van der Waals surface area contributed by atoms with Crippen LogP contribution in [0, 0.1) is 35.5 Å². The number of fused-ring (bicyclic) bond motifs is 5. The fourth-order valence-electron chi connectivity index (χ4n) is 9.55. The topological polar surface area (TPSA) is 99.1 Å². The molecule has 39 heavy (non-hydrogen) atoms. The van der Waals surface area contributed by atoms with Gasteiger partial charge in [-0.15, -0.1) is 0 Å². The molecule has 6 rings (SSSR count). The summed E-state index contributed by atoms with van der Waals surface area (Å²) in [4.78, 5) is 13.7. The largest absolute Gasteiger partial charge is 0.451 e. The van der Waals surface area contributed by atoms with Crippen LogP contribution in [-0.4, -0.2) is 47.8 Å². The van der Waals surface area contributed by atoms with Crippen LogP contribution in [0.3, 0.4) is 0 Å². The summed E-state index contributed by atoms with van der Waals surface area (Å²) >= 11 is 0. The first-order valence-electron chi connectivity index (χ1n) is 15.4. The lowest BCUT2D eigenvalue weighted by Gasteiger charge is -2.46. The number of carbonyl (C=O) groups excluding carboxylic acids is 1. The molecular weight excluding hydrogens is 530 g/mol. The second-order valence-corrected chi connectivity index (χ2v) is 14.9. The highest BCUT2D eigenvalue weighted by Crippen LogP contribution is 2.63. The zero-order chi connectivity index (χ0) is 27.6. The molecular formula is C29H44F2O7S. The molecule has 0 aromatic carbocycles. The number of hydrogen-bond donors (Lipinski definition) is 1. The highest BCUT2D eigenvalue weighted by molar-refractivity contribution is 7.87. The van der Waals surface area contributed by atoms with E-state index in [1.54, 1.807) is 0 Å². The molecule has 6 aliphatic rings. The minimum atomic E-state index is -5.76. The van der Waals surface area contributed by atoms with Crippen LogP contribution in [0.1, 0.15) is 110 Å². The van der Waals surface area contributed by atoms with Gasteiger partial charge in [0.25, 0.3) is 0 Å². The average Bonchev–Trinajstić information content (AvgIpc) is 3.56. The van der Waals surface area contributed by atoms with E-state index in [1.807, 2.05) is 0 Å². The molecule has 0 aromatic heterocycles. The van der Waals surface area contributed by atoms with Crippen LogP contribution in [0.5, 0.6) is 0 Å². The van der Waals surface area contributed by atoms with E-state index in [1.165, 1.54) is 38.5 Å². The number of ether oxygens (including phenoxy) is 3. The zero-order valence-electron chi connectivity index (χ0n) is 23.0. The first kappa shape index (κ1) is 28.3. The van der Waals surface area contributed by atoms with Gasteiger partial charge in [0.05, 0.1) is 18.1 Å². The quantitative estimate of drug-likeness (QED) is 0.295. The van der Waals surface area contributed by atoms with E-state index < -0.39 is 38.6 Å². The van der Waals surface area contributed by atoms with Crippen molar-refractivity contribution in [1.29, 1.82) is 0 Å². The maximum atomic E-state index is 15.2. The first-order chi connectivity index (χ1) is 18.5. The van der Waals surface area contributed by atoms with Gasteiger partial charge in [0.2, 0.25) is 0 Å². The molecule has 1 heterocycles. The van der Waals surface area contributed by atoms with Crippen molar-refractivity contribution in [3.05, 3.63) is 0 Å². The highest BCUT2D eigenvalue weighted by atomic mass is 32.2.